The smallest absolute Gasteiger partial charge is 0.246 e. The van der Waals surface area contributed by atoms with E-state index >= 15 is 0 Å². The molecule has 2 aliphatic rings. The first-order valence-corrected chi connectivity index (χ1v) is 7.32. The predicted molar refractivity (Wildman–Crippen MR) is 76.8 cm³/mol. The number of rotatable bonds is 3. The van der Waals surface area contributed by atoms with Gasteiger partial charge >= 0.3 is 0 Å². The van der Waals surface area contributed by atoms with E-state index in [1.807, 2.05) is 18.7 Å². The van der Waals surface area contributed by atoms with Crippen LogP contribution in [0.4, 0.5) is 4.39 Å². The minimum Gasteiger partial charge on any atom is -0.338 e. The number of carbonyl (C=O) groups excluding carboxylic acids is 1. The number of likely N-dealkylation sites (tertiary alicyclic amines) is 2. The number of hydrogen-bond donors (Lipinski definition) is 0. The van der Waals surface area contributed by atoms with Crippen molar-refractivity contribution in [2.24, 2.45) is 5.41 Å². The highest BCUT2D eigenvalue weighted by atomic mass is 19.1. The van der Waals surface area contributed by atoms with Gasteiger partial charge in [0.2, 0.25) is 5.91 Å². The molecule has 0 saturated carbocycles. The van der Waals surface area contributed by atoms with E-state index in [-0.39, 0.29) is 5.91 Å². The summed E-state index contributed by atoms with van der Waals surface area (Å²) in [6.07, 6.45) is 3.81. The first kappa shape index (κ1) is 16.2. The van der Waals surface area contributed by atoms with Gasteiger partial charge in [-0.05, 0) is 32.9 Å². The fourth-order valence-electron chi connectivity index (χ4n) is 2.84. The van der Waals surface area contributed by atoms with Crippen LogP contribution < -0.4 is 0 Å². The van der Waals surface area contributed by atoms with Crippen molar-refractivity contribution in [3.63, 3.8) is 0 Å². The van der Waals surface area contributed by atoms with Crippen molar-refractivity contribution in [3.8, 4) is 0 Å². The summed E-state index contributed by atoms with van der Waals surface area (Å²) in [6, 6.07) is 0.588. The maximum Gasteiger partial charge on any atom is 0.246 e. The molecule has 0 bridgehead atoms. The van der Waals surface area contributed by atoms with Crippen molar-refractivity contribution in [1.29, 1.82) is 0 Å². The van der Waals surface area contributed by atoms with E-state index in [1.54, 1.807) is 0 Å². The molecule has 0 aromatic carbocycles. The monoisotopic (exact) mass is 270 g/mol. The van der Waals surface area contributed by atoms with Crippen LogP contribution in [0.25, 0.3) is 0 Å². The van der Waals surface area contributed by atoms with Gasteiger partial charge in [-0.1, -0.05) is 13.8 Å². The summed E-state index contributed by atoms with van der Waals surface area (Å²) in [5, 5.41) is 0. The van der Waals surface area contributed by atoms with Crippen molar-refractivity contribution in [1.82, 2.24) is 9.80 Å². The van der Waals surface area contributed by atoms with Crippen LogP contribution in [0, 0.1) is 5.41 Å². The Morgan fingerprint density at radius 2 is 1.95 bits per heavy atom. The normalized spacial score (nSPS) is 21.7. The minimum absolute atomic E-state index is 0.0451. The average molecular weight is 270 g/mol. The van der Waals surface area contributed by atoms with E-state index in [1.165, 1.54) is 18.6 Å². The van der Waals surface area contributed by atoms with Gasteiger partial charge in [-0.3, -0.25) is 4.79 Å². The molecule has 0 aliphatic carbocycles. The Morgan fingerprint density at radius 1 is 1.32 bits per heavy atom. The van der Waals surface area contributed by atoms with Gasteiger partial charge < -0.3 is 9.80 Å². The fraction of sp³-hybridized carbons (Fsp3) is 0.800. The predicted octanol–water partition coefficient (Wildman–Crippen LogP) is 2.48. The van der Waals surface area contributed by atoms with Crippen molar-refractivity contribution in [2.45, 2.75) is 40.2 Å². The first-order chi connectivity index (χ1) is 9.06. The third kappa shape index (κ3) is 3.78. The molecule has 2 saturated heterocycles. The standard InChI is InChI=1S/C13H21FN2O.C2H6/c1-11(2)15-7-5-13(8-15)9-16(10-13)12(17)4-3-6-14;1-2/h3-4,11H,5-10H2,1-2H3;1-2H3/b4-3+;. The molecule has 0 aromatic heterocycles. The lowest BCUT2D eigenvalue weighted by molar-refractivity contribution is -0.137. The van der Waals surface area contributed by atoms with E-state index in [0.717, 1.165) is 26.2 Å². The molecule has 0 aromatic rings. The van der Waals surface area contributed by atoms with Gasteiger partial charge in [0.15, 0.2) is 0 Å². The summed E-state index contributed by atoms with van der Waals surface area (Å²) in [6.45, 7) is 11.8. The number of carbonyl (C=O) groups is 1. The Balaban J connectivity index is 0.000000861. The molecule has 1 spiro atoms. The second-order valence-corrected chi connectivity index (χ2v) is 5.57. The van der Waals surface area contributed by atoms with Crippen LogP contribution in [0.15, 0.2) is 12.2 Å². The van der Waals surface area contributed by atoms with Gasteiger partial charge in [-0.2, -0.15) is 0 Å². The van der Waals surface area contributed by atoms with Crippen molar-refractivity contribution < 1.29 is 9.18 Å². The highest BCUT2D eigenvalue weighted by Gasteiger charge is 2.48. The Labute approximate surface area is 116 Å². The van der Waals surface area contributed by atoms with Crippen LogP contribution in [-0.2, 0) is 4.79 Å². The molecule has 19 heavy (non-hydrogen) atoms. The number of halogens is 1. The highest BCUT2D eigenvalue weighted by molar-refractivity contribution is 5.88. The topological polar surface area (TPSA) is 23.6 Å². The molecule has 4 heteroatoms. The summed E-state index contributed by atoms with van der Waals surface area (Å²) in [5.74, 6) is -0.0451. The zero-order chi connectivity index (χ0) is 14.5. The summed E-state index contributed by atoms with van der Waals surface area (Å²) < 4.78 is 11.9. The molecular weight excluding hydrogens is 243 g/mol. The Kier molecular flexibility index (Phi) is 5.98. The van der Waals surface area contributed by atoms with Gasteiger partial charge in [0.05, 0.1) is 0 Å². The molecule has 2 aliphatic heterocycles. The van der Waals surface area contributed by atoms with Crippen molar-refractivity contribution in [2.75, 3.05) is 32.9 Å². The lowest BCUT2D eigenvalue weighted by Gasteiger charge is -2.48. The third-order valence-electron chi connectivity index (χ3n) is 3.91. The van der Waals surface area contributed by atoms with E-state index in [2.05, 4.69) is 18.7 Å². The molecular formula is C15H27FN2O. The number of allylic oxidation sites excluding steroid dienone is 1. The quantitative estimate of drug-likeness (QED) is 0.736. The van der Waals surface area contributed by atoms with Crippen LogP contribution in [-0.4, -0.2) is 54.6 Å². The Morgan fingerprint density at radius 3 is 2.42 bits per heavy atom. The van der Waals surface area contributed by atoms with Crippen LogP contribution >= 0.6 is 0 Å². The minimum atomic E-state index is -0.564. The molecule has 3 nitrogen and oxygen atoms in total. The van der Waals surface area contributed by atoms with E-state index < -0.39 is 6.67 Å². The largest absolute Gasteiger partial charge is 0.338 e. The Hall–Kier alpha value is -0.900. The van der Waals surface area contributed by atoms with Crippen LogP contribution in [0.2, 0.25) is 0 Å². The van der Waals surface area contributed by atoms with E-state index in [0.29, 0.717) is 11.5 Å². The van der Waals surface area contributed by atoms with Crippen molar-refractivity contribution in [3.05, 3.63) is 12.2 Å². The molecule has 2 fully saturated rings. The van der Waals surface area contributed by atoms with E-state index in [4.69, 9.17) is 0 Å². The molecule has 2 heterocycles. The highest BCUT2D eigenvalue weighted by Crippen LogP contribution is 2.40. The summed E-state index contributed by atoms with van der Waals surface area (Å²) in [7, 11) is 0. The van der Waals surface area contributed by atoms with Crippen LogP contribution in [0.1, 0.15) is 34.1 Å². The lowest BCUT2D eigenvalue weighted by Crippen LogP contribution is -2.59. The molecule has 110 valence electrons. The lowest BCUT2D eigenvalue weighted by atomic mass is 9.79. The molecule has 1 amide bonds. The molecule has 2 rings (SSSR count). The SMILES string of the molecule is CC.CC(C)N1CCC2(CN(C(=O)/C=C/CF)C2)C1. The van der Waals surface area contributed by atoms with Gasteiger partial charge in [0.1, 0.15) is 6.67 Å². The van der Waals surface area contributed by atoms with Gasteiger partial charge in [-0.15, -0.1) is 0 Å². The maximum absolute atomic E-state index is 11.9. The van der Waals surface area contributed by atoms with Crippen LogP contribution in [0.3, 0.4) is 0 Å². The number of nitrogens with zero attached hydrogens (tertiary/aromatic N) is 2. The average Bonchev–Trinajstić information content (AvgIpc) is 2.82. The fourth-order valence-corrected chi connectivity index (χ4v) is 2.84. The number of hydrogen-bond acceptors (Lipinski definition) is 2. The maximum atomic E-state index is 11.9. The summed E-state index contributed by atoms with van der Waals surface area (Å²) in [5.41, 5.74) is 0.323. The molecule has 0 radical (unpaired) electrons. The molecule has 0 atom stereocenters. The second-order valence-electron chi connectivity index (χ2n) is 5.57. The van der Waals surface area contributed by atoms with Crippen molar-refractivity contribution >= 4 is 5.91 Å². The van der Waals surface area contributed by atoms with Gasteiger partial charge in [0.25, 0.3) is 0 Å². The van der Waals surface area contributed by atoms with E-state index in [9.17, 15) is 9.18 Å². The van der Waals surface area contributed by atoms with Crippen LogP contribution in [0.5, 0.6) is 0 Å². The zero-order valence-electron chi connectivity index (χ0n) is 12.7. The second kappa shape index (κ2) is 7.04. The zero-order valence-corrected chi connectivity index (χ0v) is 12.7. The van der Waals surface area contributed by atoms with Gasteiger partial charge in [0, 0.05) is 37.2 Å². The molecule has 0 unspecified atom stereocenters. The summed E-state index contributed by atoms with van der Waals surface area (Å²) >= 11 is 0. The summed E-state index contributed by atoms with van der Waals surface area (Å²) in [4.78, 5) is 15.9. The van der Waals surface area contributed by atoms with Gasteiger partial charge in [-0.25, -0.2) is 4.39 Å². The Bertz CT molecular complexity index is 322. The number of alkyl halides is 1. The first-order valence-electron chi connectivity index (χ1n) is 7.32. The third-order valence-corrected chi connectivity index (χ3v) is 3.91. The number of amides is 1. The molecule has 0 N–H and O–H groups in total.